The Morgan fingerprint density at radius 2 is 1.74 bits per heavy atom. The van der Waals surface area contributed by atoms with Crippen molar-refractivity contribution >= 4 is 11.8 Å². The molecule has 0 bridgehead atoms. The Morgan fingerprint density at radius 3 is 2.46 bits per heavy atom. The van der Waals surface area contributed by atoms with Crippen molar-refractivity contribution < 1.29 is 19.4 Å². The highest BCUT2D eigenvalue weighted by Crippen LogP contribution is 2.43. The molecule has 2 aliphatic heterocycles. The Hall–Kier alpha value is -4.08. The van der Waals surface area contributed by atoms with Gasteiger partial charge >= 0.3 is 0 Å². The Bertz CT molecular complexity index is 1290. The van der Waals surface area contributed by atoms with Crippen molar-refractivity contribution in [1.82, 2.24) is 9.80 Å². The van der Waals surface area contributed by atoms with E-state index in [9.17, 15) is 14.7 Å². The molecule has 35 heavy (non-hydrogen) atoms. The highest BCUT2D eigenvalue weighted by Gasteiger charge is 2.54. The van der Waals surface area contributed by atoms with Crippen LogP contribution in [0, 0.1) is 11.8 Å². The largest absolute Gasteiger partial charge is 0.497 e. The van der Waals surface area contributed by atoms with E-state index >= 15 is 0 Å². The number of carbonyl (C=O) groups is 2. The molecule has 2 saturated heterocycles. The third-order valence-electron chi connectivity index (χ3n) is 6.78. The number of carbonyl (C=O) groups excluding carboxylic acids is 2. The number of nitrogens with zero attached hydrogens (tertiary/aromatic N) is 2. The first kappa shape index (κ1) is 22.7. The van der Waals surface area contributed by atoms with Gasteiger partial charge in [0.15, 0.2) is 0 Å². The highest BCUT2D eigenvalue weighted by atomic mass is 16.5. The summed E-state index contributed by atoms with van der Waals surface area (Å²) >= 11 is 0. The molecular weight excluding hydrogens is 440 g/mol. The van der Waals surface area contributed by atoms with Crippen LogP contribution in [0.4, 0.5) is 0 Å². The van der Waals surface area contributed by atoms with Crippen LogP contribution in [0.15, 0.2) is 78.9 Å². The van der Waals surface area contributed by atoms with Crippen molar-refractivity contribution in [2.75, 3.05) is 26.8 Å². The standard InChI is InChI=1S/C29H26N2O4/c1-35-24-9-5-6-21(16-24)11-10-20-12-14-22(15-13-20)28-25-17-30(18-27(33)31(25)26(28)19-32)29(34)23-7-3-2-4-8-23/h2-9,12-16,25-26,28,32H,17-19H2,1H3/t25-,26-,28-/m0/s1. The number of hydrogen-bond acceptors (Lipinski definition) is 4. The molecule has 0 radical (unpaired) electrons. The molecule has 0 saturated carbocycles. The summed E-state index contributed by atoms with van der Waals surface area (Å²) in [6.07, 6.45) is 0. The Balaban J connectivity index is 1.34. The monoisotopic (exact) mass is 466 g/mol. The molecule has 6 heteroatoms. The van der Waals surface area contributed by atoms with E-state index in [-0.39, 0.29) is 43.0 Å². The molecule has 0 aliphatic carbocycles. The maximum Gasteiger partial charge on any atom is 0.254 e. The number of piperazine rings is 1. The molecular formula is C29H26N2O4. The van der Waals surface area contributed by atoms with Crippen LogP contribution in [0.3, 0.4) is 0 Å². The number of rotatable bonds is 4. The number of aliphatic hydroxyl groups is 1. The van der Waals surface area contributed by atoms with Crippen LogP contribution in [-0.2, 0) is 4.79 Å². The van der Waals surface area contributed by atoms with Gasteiger partial charge in [0.25, 0.3) is 5.91 Å². The molecule has 0 aromatic heterocycles. The molecule has 2 aliphatic rings. The lowest BCUT2D eigenvalue weighted by atomic mass is 9.73. The van der Waals surface area contributed by atoms with E-state index in [0.29, 0.717) is 12.1 Å². The van der Waals surface area contributed by atoms with E-state index in [0.717, 1.165) is 22.4 Å². The maximum absolute atomic E-state index is 13.0. The zero-order valence-electron chi connectivity index (χ0n) is 19.4. The first-order valence-electron chi connectivity index (χ1n) is 11.6. The lowest BCUT2D eigenvalue weighted by Gasteiger charge is -2.58. The number of benzene rings is 3. The molecule has 3 aromatic rings. The SMILES string of the molecule is COc1cccc(C#Cc2ccc([C@@H]3[C@H](CO)N4C(=O)CN(C(=O)c5ccccc5)C[C@@H]34)cc2)c1. The molecule has 2 heterocycles. The van der Waals surface area contributed by atoms with Crippen molar-refractivity contribution in [3.05, 3.63) is 101 Å². The minimum absolute atomic E-state index is 0.0340. The molecule has 2 amide bonds. The van der Waals surface area contributed by atoms with Gasteiger partial charge in [-0.1, -0.05) is 48.2 Å². The predicted octanol–water partition coefficient (Wildman–Crippen LogP) is 2.91. The van der Waals surface area contributed by atoms with Crippen LogP contribution in [0.2, 0.25) is 0 Å². The van der Waals surface area contributed by atoms with Crippen LogP contribution in [0.25, 0.3) is 0 Å². The lowest BCUT2D eigenvalue weighted by molar-refractivity contribution is -0.159. The number of hydrogen-bond donors (Lipinski definition) is 1. The van der Waals surface area contributed by atoms with E-state index in [1.54, 1.807) is 29.0 Å². The van der Waals surface area contributed by atoms with Crippen molar-refractivity contribution in [2.24, 2.45) is 0 Å². The number of amides is 2. The minimum Gasteiger partial charge on any atom is -0.497 e. The molecule has 2 fully saturated rings. The molecule has 3 atom stereocenters. The molecule has 5 rings (SSSR count). The van der Waals surface area contributed by atoms with Gasteiger partial charge < -0.3 is 19.6 Å². The fraction of sp³-hybridized carbons (Fsp3) is 0.241. The summed E-state index contributed by atoms with van der Waals surface area (Å²) in [5.41, 5.74) is 3.34. The Labute approximate surface area is 204 Å². The summed E-state index contributed by atoms with van der Waals surface area (Å²) < 4.78 is 5.25. The first-order valence-corrected chi connectivity index (χ1v) is 11.6. The van der Waals surface area contributed by atoms with Crippen molar-refractivity contribution in [1.29, 1.82) is 0 Å². The van der Waals surface area contributed by atoms with E-state index in [1.165, 1.54) is 0 Å². The van der Waals surface area contributed by atoms with Crippen molar-refractivity contribution in [2.45, 2.75) is 18.0 Å². The molecule has 6 nitrogen and oxygen atoms in total. The highest BCUT2D eigenvalue weighted by molar-refractivity contribution is 5.97. The van der Waals surface area contributed by atoms with Crippen molar-refractivity contribution in [3.8, 4) is 17.6 Å². The van der Waals surface area contributed by atoms with Crippen molar-refractivity contribution in [3.63, 3.8) is 0 Å². The second-order valence-corrected chi connectivity index (χ2v) is 8.80. The lowest BCUT2D eigenvalue weighted by Crippen LogP contribution is -2.73. The number of ether oxygens (including phenoxy) is 1. The predicted molar refractivity (Wildman–Crippen MR) is 132 cm³/mol. The van der Waals surface area contributed by atoms with E-state index in [2.05, 4.69) is 11.8 Å². The molecule has 3 aromatic carbocycles. The zero-order chi connectivity index (χ0) is 24.4. The molecule has 176 valence electrons. The van der Waals surface area contributed by atoms with Gasteiger partial charge in [0.1, 0.15) is 12.3 Å². The number of methoxy groups -OCH3 is 1. The summed E-state index contributed by atoms with van der Waals surface area (Å²) in [5, 5.41) is 10.0. The van der Waals surface area contributed by atoms with Crippen LogP contribution in [0.5, 0.6) is 5.75 Å². The van der Waals surface area contributed by atoms with E-state index in [4.69, 9.17) is 4.74 Å². The first-order chi connectivity index (χ1) is 17.1. The third-order valence-corrected chi connectivity index (χ3v) is 6.78. The summed E-state index contributed by atoms with van der Waals surface area (Å²) in [4.78, 5) is 29.2. The van der Waals surface area contributed by atoms with Gasteiger partial charge in [-0.05, 0) is 48.0 Å². The van der Waals surface area contributed by atoms with Gasteiger partial charge in [-0.3, -0.25) is 9.59 Å². The summed E-state index contributed by atoms with van der Waals surface area (Å²) in [7, 11) is 1.63. The van der Waals surface area contributed by atoms with Gasteiger partial charge in [0, 0.05) is 29.2 Å². The van der Waals surface area contributed by atoms with Gasteiger partial charge in [-0.15, -0.1) is 0 Å². The maximum atomic E-state index is 13.0. The molecule has 0 spiro atoms. The smallest absolute Gasteiger partial charge is 0.254 e. The fourth-order valence-corrected chi connectivity index (χ4v) is 5.05. The topological polar surface area (TPSA) is 70.1 Å². The summed E-state index contributed by atoms with van der Waals surface area (Å²) in [6.45, 7) is 0.362. The van der Waals surface area contributed by atoms with Gasteiger partial charge in [0.05, 0.1) is 25.8 Å². The second-order valence-electron chi connectivity index (χ2n) is 8.80. The van der Waals surface area contributed by atoms with Crippen LogP contribution in [0.1, 0.15) is 33.0 Å². The minimum atomic E-state index is -0.282. The molecule has 0 unspecified atom stereocenters. The zero-order valence-corrected chi connectivity index (χ0v) is 19.4. The number of aliphatic hydroxyl groups excluding tert-OH is 1. The Kier molecular flexibility index (Phi) is 6.26. The van der Waals surface area contributed by atoms with Gasteiger partial charge in [-0.2, -0.15) is 0 Å². The quantitative estimate of drug-likeness (QED) is 0.601. The third kappa shape index (κ3) is 4.39. The molecule has 1 N–H and O–H groups in total. The van der Waals surface area contributed by atoms with Gasteiger partial charge in [0.2, 0.25) is 5.91 Å². The van der Waals surface area contributed by atoms with Crippen LogP contribution < -0.4 is 4.74 Å². The normalized spacial score (nSPS) is 20.9. The summed E-state index contributed by atoms with van der Waals surface area (Å²) in [5.74, 6) is 6.77. The number of fused-ring (bicyclic) bond motifs is 1. The Morgan fingerprint density at radius 1 is 1.00 bits per heavy atom. The van der Waals surface area contributed by atoms with Crippen LogP contribution >= 0.6 is 0 Å². The van der Waals surface area contributed by atoms with Crippen LogP contribution in [-0.4, -0.2) is 65.6 Å². The fourth-order valence-electron chi connectivity index (χ4n) is 5.05. The average Bonchev–Trinajstić information content (AvgIpc) is 2.89. The van der Waals surface area contributed by atoms with E-state index in [1.807, 2.05) is 66.7 Å². The second kappa shape index (κ2) is 9.65. The summed E-state index contributed by atoms with van der Waals surface area (Å²) in [6, 6.07) is 24.1. The van der Waals surface area contributed by atoms with Gasteiger partial charge in [-0.25, -0.2) is 0 Å². The van der Waals surface area contributed by atoms with E-state index < -0.39 is 0 Å². The average molecular weight is 467 g/mol.